The van der Waals surface area contributed by atoms with Crippen molar-refractivity contribution >= 4 is 22.9 Å². The Balaban J connectivity index is 2.20. The van der Waals surface area contributed by atoms with Crippen LogP contribution in [0.15, 0.2) is 24.5 Å². The topological polar surface area (TPSA) is 84.2 Å². The van der Waals surface area contributed by atoms with E-state index in [-0.39, 0.29) is 11.5 Å². The zero-order valence-electron chi connectivity index (χ0n) is 9.88. The highest BCUT2D eigenvalue weighted by Crippen LogP contribution is 2.14. The van der Waals surface area contributed by atoms with Gasteiger partial charge in [0.1, 0.15) is 0 Å². The number of benzene rings is 1. The summed E-state index contributed by atoms with van der Waals surface area (Å²) in [6.07, 6.45) is 1.64. The Morgan fingerprint density at radius 2 is 2.22 bits per heavy atom. The molecule has 0 radical (unpaired) electrons. The fourth-order valence-electron chi connectivity index (χ4n) is 1.73. The van der Waals surface area contributed by atoms with E-state index < -0.39 is 5.97 Å². The van der Waals surface area contributed by atoms with E-state index in [1.807, 2.05) is 4.57 Å². The lowest BCUT2D eigenvalue weighted by Crippen LogP contribution is -2.24. The molecule has 6 heteroatoms. The number of imidazole rings is 1. The Bertz CT molecular complexity index is 604. The van der Waals surface area contributed by atoms with Crippen molar-refractivity contribution in [2.45, 2.75) is 13.5 Å². The molecule has 1 amide bonds. The fourth-order valence-corrected chi connectivity index (χ4v) is 1.73. The predicted octanol–water partition coefficient (Wildman–Crippen LogP) is 0.871. The van der Waals surface area contributed by atoms with E-state index in [4.69, 9.17) is 5.11 Å². The van der Waals surface area contributed by atoms with E-state index in [9.17, 15) is 9.59 Å². The molecule has 0 saturated heterocycles. The molecular formula is C12H13N3O3. The van der Waals surface area contributed by atoms with Crippen LogP contribution in [0.3, 0.4) is 0 Å². The number of carbonyl (C=O) groups excluding carboxylic acids is 1. The SMILES string of the molecule is CC(=O)NCCn1cnc2cc(C(=O)O)ccc21. The Labute approximate surface area is 103 Å². The summed E-state index contributed by atoms with van der Waals surface area (Å²) in [5.41, 5.74) is 1.71. The summed E-state index contributed by atoms with van der Waals surface area (Å²) in [6, 6.07) is 4.80. The van der Waals surface area contributed by atoms with E-state index >= 15 is 0 Å². The second-order valence-electron chi connectivity index (χ2n) is 3.93. The van der Waals surface area contributed by atoms with Gasteiger partial charge in [-0.1, -0.05) is 0 Å². The number of rotatable bonds is 4. The molecule has 0 atom stereocenters. The van der Waals surface area contributed by atoms with Crippen molar-refractivity contribution in [3.8, 4) is 0 Å². The summed E-state index contributed by atoms with van der Waals surface area (Å²) in [6.45, 7) is 2.58. The Hall–Kier alpha value is -2.37. The van der Waals surface area contributed by atoms with E-state index in [0.717, 1.165) is 5.52 Å². The van der Waals surface area contributed by atoms with Crippen LogP contribution in [-0.4, -0.2) is 33.1 Å². The van der Waals surface area contributed by atoms with E-state index in [1.54, 1.807) is 18.5 Å². The van der Waals surface area contributed by atoms with Crippen LogP contribution in [-0.2, 0) is 11.3 Å². The van der Waals surface area contributed by atoms with Crippen molar-refractivity contribution in [3.63, 3.8) is 0 Å². The zero-order chi connectivity index (χ0) is 13.1. The van der Waals surface area contributed by atoms with Gasteiger partial charge in [-0.15, -0.1) is 0 Å². The summed E-state index contributed by atoms with van der Waals surface area (Å²) < 4.78 is 1.87. The molecule has 2 aromatic rings. The summed E-state index contributed by atoms with van der Waals surface area (Å²) in [7, 11) is 0. The van der Waals surface area contributed by atoms with Gasteiger partial charge in [-0.05, 0) is 18.2 Å². The molecule has 0 aliphatic carbocycles. The molecule has 2 N–H and O–H groups in total. The third kappa shape index (κ3) is 2.48. The largest absolute Gasteiger partial charge is 0.478 e. The van der Waals surface area contributed by atoms with Crippen molar-refractivity contribution in [1.82, 2.24) is 14.9 Å². The number of nitrogens with one attached hydrogen (secondary N) is 1. The first kappa shape index (κ1) is 12.1. The Morgan fingerprint density at radius 1 is 1.44 bits per heavy atom. The molecule has 1 aromatic carbocycles. The van der Waals surface area contributed by atoms with Crippen molar-refractivity contribution in [2.24, 2.45) is 0 Å². The predicted molar refractivity (Wildman–Crippen MR) is 65.4 cm³/mol. The van der Waals surface area contributed by atoms with Gasteiger partial charge in [0.25, 0.3) is 0 Å². The Morgan fingerprint density at radius 3 is 2.89 bits per heavy atom. The highest BCUT2D eigenvalue weighted by Gasteiger charge is 2.07. The lowest BCUT2D eigenvalue weighted by molar-refractivity contribution is -0.118. The maximum absolute atomic E-state index is 10.8. The van der Waals surface area contributed by atoms with Gasteiger partial charge in [0.05, 0.1) is 22.9 Å². The van der Waals surface area contributed by atoms with Gasteiger partial charge in [0, 0.05) is 20.0 Å². The van der Waals surface area contributed by atoms with Crippen LogP contribution in [0, 0.1) is 0 Å². The number of carbonyl (C=O) groups is 2. The zero-order valence-corrected chi connectivity index (χ0v) is 9.88. The van der Waals surface area contributed by atoms with Gasteiger partial charge < -0.3 is 15.0 Å². The summed E-state index contributed by atoms with van der Waals surface area (Å²) in [5, 5.41) is 11.6. The van der Waals surface area contributed by atoms with Crippen LogP contribution < -0.4 is 5.32 Å². The lowest BCUT2D eigenvalue weighted by atomic mass is 10.2. The van der Waals surface area contributed by atoms with Crippen molar-refractivity contribution < 1.29 is 14.7 Å². The number of aromatic carboxylic acids is 1. The van der Waals surface area contributed by atoms with Crippen LogP contribution in [0.5, 0.6) is 0 Å². The third-order valence-corrected chi connectivity index (χ3v) is 2.59. The second kappa shape index (κ2) is 4.87. The van der Waals surface area contributed by atoms with Crippen LogP contribution in [0.4, 0.5) is 0 Å². The first-order chi connectivity index (χ1) is 8.58. The minimum Gasteiger partial charge on any atom is -0.478 e. The van der Waals surface area contributed by atoms with E-state index in [1.165, 1.54) is 13.0 Å². The first-order valence-electron chi connectivity index (χ1n) is 5.50. The van der Waals surface area contributed by atoms with Crippen LogP contribution in [0.2, 0.25) is 0 Å². The average Bonchev–Trinajstić information content (AvgIpc) is 2.71. The Kier molecular flexibility index (Phi) is 3.27. The van der Waals surface area contributed by atoms with Crippen molar-refractivity contribution in [2.75, 3.05) is 6.54 Å². The molecule has 0 aliphatic rings. The lowest BCUT2D eigenvalue weighted by Gasteiger charge is -2.04. The molecule has 2 rings (SSSR count). The average molecular weight is 247 g/mol. The molecule has 0 saturated carbocycles. The second-order valence-corrected chi connectivity index (χ2v) is 3.93. The van der Waals surface area contributed by atoms with Crippen LogP contribution in [0.1, 0.15) is 17.3 Å². The molecule has 94 valence electrons. The normalized spacial score (nSPS) is 10.5. The molecule has 0 spiro atoms. The number of carboxylic acids is 1. The third-order valence-electron chi connectivity index (χ3n) is 2.59. The van der Waals surface area contributed by atoms with Crippen molar-refractivity contribution in [3.05, 3.63) is 30.1 Å². The molecule has 6 nitrogen and oxygen atoms in total. The number of carboxylic acid groups (broad SMARTS) is 1. The first-order valence-corrected chi connectivity index (χ1v) is 5.50. The van der Waals surface area contributed by atoms with Gasteiger partial charge in [0.2, 0.25) is 5.91 Å². The molecule has 0 fully saturated rings. The van der Waals surface area contributed by atoms with E-state index in [0.29, 0.717) is 18.6 Å². The van der Waals surface area contributed by atoms with Gasteiger partial charge in [-0.3, -0.25) is 4.79 Å². The number of nitrogens with zero attached hydrogens (tertiary/aromatic N) is 2. The highest BCUT2D eigenvalue weighted by molar-refractivity contribution is 5.92. The minimum absolute atomic E-state index is 0.0763. The van der Waals surface area contributed by atoms with Crippen LogP contribution >= 0.6 is 0 Å². The fraction of sp³-hybridized carbons (Fsp3) is 0.250. The standard InChI is InChI=1S/C12H13N3O3/c1-8(16)13-4-5-15-7-14-10-6-9(12(17)18)2-3-11(10)15/h2-3,6-7H,4-5H2,1H3,(H,13,16)(H,17,18). The molecule has 0 aliphatic heterocycles. The van der Waals surface area contributed by atoms with Gasteiger partial charge in [0.15, 0.2) is 0 Å². The van der Waals surface area contributed by atoms with Gasteiger partial charge >= 0.3 is 5.97 Å². The van der Waals surface area contributed by atoms with Crippen LogP contribution in [0.25, 0.3) is 11.0 Å². The number of hydrogen-bond donors (Lipinski definition) is 2. The summed E-state index contributed by atoms with van der Waals surface area (Å²) >= 11 is 0. The van der Waals surface area contributed by atoms with Gasteiger partial charge in [-0.25, -0.2) is 9.78 Å². The molecule has 1 heterocycles. The molecule has 18 heavy (non-hydrogen) atoms. The maximum atomic E-state index is 10.8. The number of fused-ring (bicyclic) bond motifs is 1. The summed E-state index contributed by atoms with van der Waals surface area (Å²) in [4.78, 5) is 25.7. The quantitative estimate of drug-likeness (QED) is 0.839. The highest BCUT2D eigenvalue weighted by atomic mass is 16.4. The van der Waals surface area contributed by atoms with Gasteiger partial charge in [-0.2, -0.15) is 0 Å². The number of hydrogen-bond acceptors (Lipinski definition) is 3. The number of aromatic nitrogens is 2. The smallest absolute Gasteiger partial charge is 0.335 e. The molecule has 0 bridgehead atoms. The number of amides is 1. The monoisotopic (exact) mass is 247 g/mol. The molecular weight excluding hydrogens is 234 g/mol. The molecule has 1 aromatic heterocycles. The minimum atomic E-state index is -0.968. The maximum Gasteiger partial charge on any atom is 0.335 e. The molecule has 0 unspecified atom stereocenters. The van der Waals surface area contributed by atoms with E-state index in [2.05, 4.69) is 10.3 Å². The van der Waals surface area contributed by atoms with Crippen molar-refractivity contribution in [1.29, 1.82) is 0 Å². The summed E-state index contributed by atoms with van der Waals surface area (Å²) in [5.74, 6) is -1.04.